The van der Waals surface area contributed by atoms with Crippen molar-refractivity contribution in [2.75, 3.05) is 19.7 Å². The van der Waals surface area contributed by atoms with Crippen molar-refractivity contribution in [1.29, 1.82) is 0 Å². The lowest BCUT2D eigenvalue weighted by molar-refractivity contribution is -0.122. The number of aromatic nitrogens is 4. The number of nitrogens with zero attached hydrogens (tertiary/aromatic N) is 5. The molecule has 2 saturated heterocycles. The third-order valence-electron chi connectivity index (χ3n) is 9.91. The summed E-state index contributed by atoms with van der Waals surface area (Å²) in [6.07, 6.45) is 4.91. The second-order valence-corrected chi connectivity index (χ2v) is 14.5. The Bertz CT molecular complexity index is 1840. The third-order valence-corrected chi connectivity index (χ3v) is 9.91. The average Bonchev–Trinajstić information content (AvgIpc) is 3.62. The fourth-order valence-electron chi connectivity index (χ4n) is 6.96. The van der Waals surface area contributed by atoms with Crippen LogP contribution >= 0.6 is 0 Å². The summed E-state index contributed by atoms with van der Waals surface area (Å²) in [6, 6.07) is 12.9. The Morgan fingerprint density at radius 1 is 0.979 bits per heavy atom. The Kier molecular flexibility index (Phi) is 9.06. The molecule has 10 heteroatoms. The van der Waals surface area contributed by atoms with Gasteiger partial charge in [-0.2, -0.15) is 0 Å². The number of benzene rings is 2. The summed E-state index contributed by atoms with van der Waals surface area (Å²) < 4.78 is 31.2. The quantitative estimate of drug-likeness (QED) is 0.205. The molecule has 1 amide bonds. The number of esters is 1. The van der Waals surface area contributed by atoms with Gasteiger partial charge in [-0.25, -0.2) is 13.9 Å². The van der Waals surface area contributed by atoms with Gasteiger partial charge in [0.1, 0.15) is 17.1 Å². The Morgan fingerprint density at radius 2 is 1.69 bits per heavy atom. The normalized spacial score (nSPS) is 17.9. The molecule has 4 heterocycles. The predicted molar refractivity (Wildman–Crippen MR) is 182 cm³/mol. The monoisotopic (exact) mass is 655 g/mol. The van der Waals surface area contributed by atoms with E-state index in [-0.39, 0.29) is 29.1 Å². The van der Waals surface area contributed by atoms with Crippen molar-refractivity contribution in [2.24, 2.45) is 0 Å². The molecule has 1 atom stereocenters. The molecule has 0 bridgehead atoms. The van der Waals surface area contributed by atoms with Crippen LogP contribution in [0.15, 0.2) is 48.7 Å². The number of carbonyl (C=O) groups excluding carboxylic acids is 2. The lowest BCUT2D eigenvalue weighted by Gasteiger charge is -2.46. The number of carbonyl (C=O) groups is 2. The van der Waals surface area contributed by atoms with Gasteiger partial charge in [0.05, 0.1) is 35.5 Å². The first-order valence-corrected chi connectivity index (χ1v) is 16.8. The number of ether oxygens (including phenoxy) is 2. The molecule has 6 rings (SSSR count). The summed E-state index contributed by atoms with van der Waals surface area (Å²) in [5.41, 5.74) is 6.32. The van der Waals surface area contributed by atoms with Crippen LogP contribution in [0.5, 0.6) is 0 Å². The number of halogens is 1. The molecule has 0 radical (unpaired) electrons. The molecule has 1 unspecified atom stereocenters. The minimum atomic E-state index is -0.568. The van der Waals surface area contributed by atoms with E-state index in [1.165, 1.54) is 11.6 Å². The molecular weight excluding hydrogens is 609 g/mol. The second kappa shape index (κ2) is 13.0. The van der Waals surface area contributed by atoms with E-state index < -0.39 is 11.4 Å². The van der Waals surface area contributed by atoms with Crippen LogP contribution in [0.4, 0.5) is 4.39 Å². The highest BCUT2D eigenvalue weighted by molar-refractivity contribution is 5.95. The first-order chi connectivity index (χ1) is 22.7. The molecule has 48 heavy (non-hydrogen) atoms. The van der Waals surface area contributed by atoms with Gasteiger partial charge in [0.15, 0.2) is 0 Å². The molecule has 2 aliphatic heterocycles. The number of piperidine rings is 1. The van der Waals surface area contributed by atoms with Crippen molar-refractivity contribution in [3.05, 3.63) is 93.8 Å². The van der Waals surface area contributed by atoms with E-state index in [1.54, 1.807) is 11.0 Å². The standard InChI is InChI=1S/C38H46FN5O4/c1-24-8-9-28(18-25(24)2)29-10-11-32(34(39)20-29)35(45)42-15-13-38(14-16-42)21-31(12-17-47-38)44-23-30(40-41-44)22-43-26(3)19-33(27(43)4)36(46)48-37(5,6)7/h8-11,18-20,23,31H,12-17,21-22H2,1-7H3. The predicted octanol–water partition coefficient (Wildman–Crippen LogP) is 7.15. The van der Waals surface area contributed by atoms with Gasteiger partial charge in [-0.15, -0.1) is 5.10 Å². The smallest absolute Gasteiger partial charge is 0.340 e. The Hall–Kier alpha value is -4.31. The Balaban J connectivity index is 1.08. The van der Waals surface area contributed by atoms with E-state index in [1.807, 2.05) is 89.7 Å². The van der Waals surface area contributed by atoms with Crippen molar-refractivity contribution < 1.29 is 23.5 Å². The minimum absolute atomic E-state index is 0.0995. The Labute approximate surface area is 282 Å². The summed E-state index contributed by atoms with van der Waals surface area (Å²) in [5.74, 6) is -1.12. The number of aryl methyl sites for hydroxylation is 3. The maximum Gasteiger partial charge on any atom is 0.340 e. The summed E-state index contributed by atoms with van der Waals surface area (Å²) in [6.45, 7) is 15.6. The van der Waals surface area contributed by atoms with Gasteiger partial charge < -0.3 is 18.9 Å². The third kappa shape index (κ3) is 6.95. The lowest BCUT2D eigenvalue weighted by Crippen LogP contribution is -2.51. The Morgan fingerprint density at radius 3 is 2.38 bits per heavy atom. The van der Waals surface area contributed by atoms with Gasteiger partial charge >= 0.3 is 5.97 Å². The van der Waals surface area contributed by atoms with E-state index in [2.05, 4.69) is 14.9 Å². The van der Waals surface area contributed by atoms with Gasteiger partial charge in [-0.1, -0.05) is 29.5 Å². The van der Waals surface area contributed by atoms with Crippen LogP contribution in [0.1, 0.15) is 101 Å². The highest BCUT2D eigenvalue weighted by Crippen LogP contribution is 2.40. The highest BCUT2D eigenvalue weighted by Gasteiger charge is 2.42. The maximum atomic E-state index is 15.3. The van der Waals surface area contributed by atoms with Crippen molar-refractivity contribution in [1.82, 2.24) is 24.5 Å². The van der Waals surface area contributed by atoms with Crippen molar-refractivity contribution in [3.63, 3.8) is 0 Å². The minimum Gasteiger partial charge on any atom is -0.456 e. The van der Waals surface area contributed by atoms with Gasteiger partial charge in [0.25, 0.3) is 5.91 Å². The van der Waals surface area contributed by atoms with Crippen LogP contribution in [0.2, 0.25) is 0 Å². The largest absolute Gasteiger partial charge is 0.456 e. The molecule has 0 N–H and O–H groups in total. The van der Waals surface area contributed by atoms with Crippen LogP contribution in [0, 0.1) is 33.5 Å². The molecular formula is C38H46FN5O4. The van der Waals surface area contributed by atoms with E-state index in [0.29, 0.717) is 44.6 Å². The zero-order valence-corrected chi connectivity index (χ0v) is 29.1. The van der Waals surface area contributed by atoms with Gasteiger partial charge in [0, 0.05) is 31.1 Å². The second-order valence-electron chi connectivity index (χ2n) is 14.5. The van der Waals surface area contributed by atoms with Crippen LogP contribution in [-0.2, 0) is 16.0 Å². The van der Waals surface area contributed by atoms with Crippen molar-refractivity contribution in [3.8, 4) is 11.1 Å². The number of amides is 1. The molecule has 4 aromatic rings. The van der Waals surface area contributed by atoms with Gasteiger partial charge in [-0.3, -0.25) is 4.79 Å². The molecule has 0 aliphatic carbocycles. The summed E-state index contributed by atoms with van der Waals surface area (Å²) >= 11 is 0. The molecule has 9 nitrogen and oxygen atoms in total. The first kappa shape index (κ1) is 33.6. The van der Waals surface area contributed by atoms with Gasteiger partial charge in [0.2, 0.25) is 0 Å². The number of likely N-dealkylation sites (tertiary alicyclic amines) is 1. The summed E-state index contributed by atoms with van der Waals surface area (Å²) in [4.78, 5) is 27.9. The van der Waals surface area contributed by atoms with Crippen LogP contribution in [0.25, 0.3) is 11.1 Å². The van der Waals surface area contributed by atoms with Crippen molar-refractivity contribution in [2.45, 2.75) is 97.9 Å². The fourth-order valence-corrected chi connectivity index (χ4v) is 6.96. The van der Waals surface area contributed by atoms with Crippen LogP contribution in [-0.4, -0.2) is 67.2 Å². The highest BCUT2D eigenvalue weighted by atomic mass is 19.1. The SMILES string of the molecule is Cc1ccc(-c2ccc(C(=O)N3CCC4(CC3)CC(n3cc(Cn5c(C)cc(C(=O)OC(C)(C)C)c5C)nn3)CCO4)c(F)c2)cc1C. The molecule has 254 valence electrons. The molecule has 0 saturated carbocycles. The molecule has 2 aliphatic rings. The van der Waals surface area contributed by atoms with Crippen LogP contribution < -0.4 is 0 Å². The van der Waals surface area contributed by atoms with E-state index in [0.717, 1.165) is 46.6 Å². The zero-order valence-electron chi connectivity index (χ0n) is 29.1. The maximum absolute atomic E-state index is 15.3. The van der Waals surface area contributed by atoms with Crippen molar-refractivity contribution >= 4 is 11.9 Å². The number of hydrogen-bond donors (Lipinski definition) is 0. The number of rotatable bonds is 6. The molecule has 1 spiro atoms. The topological polar surface area (TPSA) is 91.5 Å². The van der Waals surface area contributed by atoms with Gasteiger partial charge in [-0.05, 0) is 115 Å². The molecule has 2 aromatic heterocycles. The first-order valence-electron chi connectivity index (χ1n) is 16.8. The fraction of sp³-hybridized carbons (Fsp3) is 0.474. The molecule has 2 aromatic carbocycles. The summed E-state index contributed by atoms with van der Waals surface area (Å²) in [5, 5.41) is 8.97. The number of hydrogen-bond acceptors (Lipinski definition) is 6. The average molecular weight is 656 g/mol. The van der Waals surface area contributed by atoms with E-state index in [9.17, 15) is 9.59 Å². The van der Waals surface area contributed by atoms with E-state index in [4.69, 9.17) is 9.47 Å². The summed E-state index contributed by atoms with van der Waals surface area (Å²) in [7, 11) is 0. The van der Waals surface area contributed by atoms with E-state index >= 15 is 4.39 Å². The lowest BCUT2D eigenvalue weighted by atomic mass is 9.82. The molecule has 2 fully saturated rings. The van der Waals surface area contributed by atoms with Crippen LogP contribution in [0.3, 0.4) is 0 Å². The zero-order chi connectivity index (χ0) is 34.4.